The summed E-state index contributed by atoms with van der Waals surface area (Å²) in [6, 6.07) is 6.13. The van der Waals surface area contributed by atoms with Gasteiger partial charge < -0.3 is 10.6 Å². The van der Waals surface area contributed by atoms with Gasteiger partial charge in [-0.3, -0.25) is 0 Å². The van der Waals surface area contributed by atoms with Crippen LogP contribution in [0.25, 0.3) is 0 Å². The summed E-state index contributed by atoms with van der Waals surface area (Å²) in [6.45, 7) is 5.34. The summed E-state index contributed by atoms with van der Waals surface area (Å²) in [5.74, 6) is 2.64. The van der Waals surface area contributed by atoms with Crippen LogP contribution in [0.1, 0.15) is 26.2 Å². The first kappa shape index (κ1) is 15.3. The minimum absolute atomic E-state index is 0. The second kappa shape index (κ2) is 7.59. The molecule has 1 aromatic heterocycles. The van der Waals surface area contributed by atoms with Crippen LogP contribution < -0.4 is 10.6 Å². The molecule has 0 saturated carbocycles. The largest absolute Gasteiger partial charge is 0.357 e. The Labute approximate surface area is 116 Å². The predicted octanol–water partition coefficient (Wildman–Crippen LogP) is 2.70. The van der Waals surface area contributed by atoms with Crippen LogP contribution in [-0.4, -0.2) is 24.6 Å². The van der Waals surface area contributed by atoms with Crippen LogP contribution in [0.5, 0.6) is 0 Å². The van der Waals surface area contributed by atoms with Crippen LogP contribution in [0.15, 0.2) is 24.4 Å². The number of pyridine rings is 1. The van der Waals surface area contributed by atoms with Gasteiger partial charge in [-0.25, -0.2) is 4.98 Å². The van der Waals surface area contributed by atoms with E-state index in [2.05, 4.69) is 28.9 Å². The van der Waals surface area contributed by atoms with E-state index in [0.29, 0.717) is 5.92 Å². The fraction of sp³-hybridized carbons (Fsp3) is 0.643. The van der Waals surface area contributed by atoms with E-state index in [1.54, 1.807) is 0 Å². The van der Waals surface area contributed by atoms with E-state index in [1.807, 2.05) is 12.3 Å². The fourth-order valence-corrected chi connectivity index (χ4v) is 2.83. The van der Waals surface area contributed by atoms with Crippen molar-refractivity contribution in [2.45, 2.75) is 26.2 Å². The third-order valence-electron chi connectivity index (χ3n) is 4.01. The van der Waals surface area contributed by atoms with E-state index in [9.17, 15) is 0 Å². The zero-order valence-electron chi connectivity index (χ0n) is 11.1. The highest BCUT2D eigenvalue weighted by molar-refractivity contribution is 5.85. The number of piperidine rings is 1. The van der Waals surface area contributed by atoms with Crippen molar-refractivity contribution in [3.05, 3.63) is 24.4 Å². The smallest absolute Gasteiger partial charge is 0.128 e. The quantitative estimate of drug-likeness (QED) is 0.914. The molecular formula is C14H24ClN3. The number of anilines is 1. The predicted molar refractivity (Wildman–Crippen MR) is 79.3 cm³/mol. The van der Waals surface area contributed by atoms with E-state index < -0.39 is 0 Å². The lowest BCUT2D eigenvalue weighted by Gasteiger charge is -2.36. The van der Waals surface area contributed by atoms with Crippen molar-refractivity contribution in [3.63, 3.8) is 0 Å². The first-order valence-corrected chi connectivity index (χ1v) is 6.71. The van der Waals surface area contributed by atoms with Crippen molar-refractivity contribution in [1.82, 2.24) is 4.98 Å². The third kappa shape index (κ3) is 3.59. The molecule has 3 nitrogen and oxygen atoms in total. The second-order valence-electron chi connectivity index (χ2n) is 4.92. The monoisotopic (exact) mass is 269 g/mol. The van der Waals surface area contributed by atoms with Gasteiger partial charge in [-0.2, -0.15) is 0 Å². The Hall–Kier alpha value is -0.800. The van der Waals surface area contributed by atoms with Gasteiger partial charge >= 0.3 is 0 Å². The van der Waals surface area contributed by atoms with E-state index >= 15 is 0 Å². The van der Waals surface area contributed by atoms with Gasteiger partial charge in [0.05, 0.1) is 0 Å². The van der Waals surface area contributed by atoms with Gasteiger partial charge in [0.15, 0.2) is 0 Å². The van der Waals surface area contributed by atoms with Crippen molar-refractivity contribution in [2.24, 2.45) is 17.6 Å². The molecule has 2 N–H and O–H groups in total. The summed E-state index contributed by atoms with van der Waals surface area (Å²) in [4.78, 5) is 6.80. The van der Waals surface area contributed by atoms with Crippen molar-refractivity contribution in [1.29, 1.82) is 0 Å². The molecule has 1 saturated heterocycles. The summed E-state index contributed by atoms with van der Waals surface area (Å²) in [5.41, 5.74) is 5.83. The molecule has 4 heteroatoms. The molecule has 1 atom stereocenters. The lowest BCUT2D eigenvalue weighted by molar-refractivity contribution is 0.273. The number of hydrogen-bond acceptors (Lipinski definition) is 3. The van der Waals surface area contributed by atoms with E-state index in [1.165, 1.54) is 19.3 Å². The Morgan fingerprint density at radius 3 is 2.61 bits per heavy atom. The fourth-order valence-electron chi connectivity index (χ4n) is 2.83. The van der Waals surface area contributed by atoms with Gasteiger partial charge in [-0.05, 0) is 43.4 Å². The molecule has 0 spiro atoms. The summed E-state index contributed by atoms with van der Waals surface area (Å²) in [5, 5.41) is 0. The molecule has 0 aromatic carbocycles. The molecule has 1 unspecified atom stereocenters. The molecule has 0 bridgehead atoms. The maximum Gasteiger partial charge on any atom is 0.128 e. The van der Waals surface area contributed by atoms with E-state index in [-0.39, 0.29) is 12.4 Å². The molecule has 1 aromatic rings. The molecule has 2 rings (SSSR count). The minimum atomic E-state index is 0. The normalized spacial score (nSPS) is 18.2. The summed E-state index contributed by atoms with van der Waals surface area (Å²) in [6.07, 6.45) is 5.60. The van der Waals surface area contributed by atoms with Gasteiger partial charge in [0.1, 0.15) is 5.82 Å². The molecule has 0 amide bonds. The Bertz CT molecular complexity index is 319. The van der Waals surface area contributed by atoms with Crippen LogP contribution >= 0.6 is 12.4 Å². The van der Waals surface area contributed by atoms with Crippen molar-refractivity contribution >= 4 is 18.2 Å². The second-order valence-corrected chi connectivity index (χ2v) is 4.92. The Morgan fingerprint density at radius 2 is 2.11 bits per heavy atom. The van der Waals surface area contributed by atoms with Gasteiger partial charge in [0.25, 0.3) is 0 Å². The van der Waals surface area contributed by atoms with Crippen LogP contribution in [0.3, 0.4) is 0 Å². The number of hydrogen-bond donors (Lipinski definition) is 1. The standard InChI is InChI=1S/C14H23N3.ClH/c1-2-12(11-15)13-6-9-17(10-7-13)14-5-3-4-8-16-14;/h3-5,8,12-13H,2,6-7,9-11,15H2,1H3;1H. The molecule has 102 valence electrons. The Morgan fingerprint density at radius 1 is 1.39 bits per heavy atom. The van der Waals surface area contributed by atoms with Gasteiger partial charge in [0.2, 0.25) is 0 Å². The summed E-state index contributed by atoms with van der Waals surface area (Å²) < 4.78 is 0. The van der Waals surface area contributed by atoms with Crippen LogP contribution in [-0.2, 0) is 0 Å². The topological polar surface area (TPSA) is 42.1 Å². The third-order valence-corrected chi connectivity index (χ3v) is 4.01. The molecule has 0 radical (unpaired) electrons. The molecule has 1 aliphatic rings. The van der Waals surface area contributed by atoms with Crippen LogP contribution in [0.2, 0.25) is 0 Å². The van der Waals surface area contributed by atoms with Gasteiger partial charge in [0, 0.05) is 19.3 Å². The number of nitrogens with two attached hydrogens (primary N) is 1. The van der Waals surface area contributed by atoms with Crippen LogP contribution in [0.4, 0.5) is 5.82 Å². The Kier molecular flexibility index (Phi) is 6.44. The average molecular weight is 270 g/mol. The molecule has 1 fully saturated rings. The number of halogens is 1. The SMILES string of the molecule is CCC(CN)C1CCN(c2ccccn2)CC1.Cl. The summed E-state index contributed by atoms with van der Waals surface area (Å²) in [7, 11) is 0. The molecular weight excluding hydrogens is 246 g/mol. The van der Waals surface area contributed by atoms with Crippen molar-refractivity contribution in [2.75, 3.05) is 24.5 Å². The minimum Gasteiger partial charge on any atom is -0.357 e. The summed E-state index contributed by atoms with van der Waals surface area (Å²) >= 11 is 0. The zero-order valence-corrected chi connectivity index (χ0v) is 11.9. The van der Waals surface area contributed by atoms with E-state index in [4.69, 9.17) is 5.73 Å². The van der Waals surface area contributed by atoms with Crippen molar-refractivity contribution in [3.8, 4) is 0 Å². The van der Waals surface area contributed by atoms with Crippen molar-refractivity contribution < 1.29 is 0 Å². The van der Waals surface area contributed by atoms with E-state index in [0.717, 1.165) is 31.4 Å². The number of aromatic nitrogens is 1. The average Bonchev–Trinajstić information content (AvgIpc) is 2.42. The highest BCUT2D eigenvalue weighted by Crippen LogP contribution is 2.28. The highest BCUT2D eigenvalue weighted by Gasteiger charge is 2.24. The highest BCUT2D eigenvalue weighted by atomic mass is 35.5. The van der Waals surface area contributed by atoms with Crippen LogP contribution in [0, 0.1) is 11.8 Å². The zero-order chi connectivity index (χ0) is 12.1. The Balaban J connectivity index is 0.00000162. The first-order chi connectivity index (χ1) is 8.35. The number of rotatable bonds is 4. The first-order valence-electron chi connectivity index (χ1n) is 6.71. The maximum absolute atomic E-state index is 5.83. The lowest BCUT2D eigenvalue weighted by atomic mass is 9.83. The molecule has 0 aliphatic carbocycles. The molecule has 2 heterocycles. The molecule has 18 heavy (non-hydrogen) atoms. The number of nitrogens with zero attached hydrogens (tertiary/aromatic N) is 2. The van der Waals surface area contributed by atoms with Gasteiger partial charge in [-0.15, -0.1) is 12.4 Å². The molecule has 1 aliphatic heterocycles. The lowest BCUT2D eigenvalue weighted by Crippen LogP contribution is -2.38. The maximum atomic E-state index is 5.83. The van der Waals surface area contributed by atoms with Gasteiger partial charge in [-0.1, -0.05) is 19.4 Å².